The van der Waals surface area contributed by atoms with Crippen molar-refractivity contribution >= 4 is 15.9 Å². The van der Waals surface area contributed by atoms with Gasteiger partial charge in [-0.15, -0.1) is 0 Å². The van der Waals surface area contributed by atoms with E-state index in [1.807, 2.05) is 0 Å². The SMILES string of the molecule is CCC1CCCCCN1CCCCCCCCCBr. The summed E-state index contributed by atoms with van der Waals surface area (Å²) in [5.74, 6) is 0. The summed E-state index contributed by atoms with van der Waals surface area (Å²) in [5.41, 5.74) is 0. The fourth-order valence-electron chi connectivity index (χ4n) is 3.29. The average molecular weight is 332 g/mol. The normalized spacial score (nSPS) is 21.5. The number of likely N-dealkylation sites (tertiary alicyclic amines) is 1. The Kier molecular flexibility index (Phi) is 11.2. The molecule has 1 heterocycles. The van der Waals surface area contributed by atoms with E-state index in [0.29, 0.717) is 0 Å². The van der Waals surface area contributed by atoms with E-state index in [4.69, 9.17) is 0 Å². The van der Waals surface area contributed by atoms with Gasteiger partial charge in [-0.1, -0.05) is 67.8 Å². The van der Waals surface area contributed by atoms with Crippen molar-refractivity contribution in [1.82, 2.24) is 4.90 Å². The molecule has 2 heteroatoms. The molecule has 0 aromatic heterocycles. The Morgan fingerprint density at radius 2 is 1.58 bits per heavy atom. The summed E-state index contributed by atoms with van der Waals surface area (Å²) in [4.78, 5) is 2.79. The van der Waals surface area contributed by atoms with Crippen LogP contribution in [0.2, 0.25) is 0 Å². The Morgan fingerprint density at radius 3 is 2.26 bits per heavy atom. The highest BCUT2D eigenvalue weighted by Crippen LogP contribution is 2.20. The predicted molar refractivity (Wildman–Crippen MR) is 90.2 cm³/mol. The highest BCUT2D eigenvalue weighted by atomic mass is 79.9. The number of hydrogen-bond acceptors (Lipinski definition) is 1. The van der Waals surface area contributed by atoms with Crippen LogP contribution in [-0.4, -0.2) is 29.4 Å². The maximum absolute atomic E-state index is 3.50. The fraction of sp³-hybridized carbons (Fsp3) is 1.00. The van der Waals surface area contributed by atoms with Gasteiger partial charge >= 0.3 is 0 Å². The second-order valence-corrected chi connectivity index (χ2v) is 6.90. The Bertz CT molecular complexity index is 196. The van der Waals surface area contributed by atoms with Crippen molar-refractivity contribution < 1.29 is 0 Å². The number of alkyl halides is 1. The zero-order valence-electron chi connectivity index (χ0n) is 13.0. The quantitative estimate of drug-likeness (QED) is 0.363. The minimum absolute atomic E-state index is 0.890. The average Bonchev–Trinajstić information content (AvgIpc) is 2.66. The summed E-state index contributed by atoms with van der Waals surface area (Å²) in [5, 5.41) is 1.18. The molecule has 0 aliphatic carbocycles. The van der Waals surface area contributed by atoms with Crippen LogP contribution in [0.5, 0.6) is 0 Å². The van der Waals surface area contributed by atoms with Gasteiger partial charge in [-0.3, -0.25) is 0 Å². The second kappa shape index (κ2) is 12.2. The molecule has 0 amide bonds. The van der Waals surface area contributed by atoms with Gasteiger partial charge in [0.25, 0.3) is 0 Å². The van der Waals surface area contributed by atoms with E-state index >= 15 is 0 Å². The van der Waals surface area contributed by atoms with Crippen molar-refractivity contribution in [3.63, 3.8) is 0 Å². The first kappa shape index (κ1) is 17.5. The van der Waals surface area contributed by atoms with Crippen molar-refractivity contribution in [1.29, 1.82) is 0 Å². The molecule has 0 N–H and O–H groups in total. The lowest BCUT2D eigenvalue weighted by atomic mass is 10.1. The molecule has 0 aromatic carbocycles. The van der Waals surface area contributed by atoms with E-state index in [0.717, 1.165) is 6.04 Å². The molecule has 19 heavy (non-hydrogen) atoms. The van der Waals surface area contributed by atoms with Gasteiger partial charge in [0.2, 0.25) is 0 Å². The lowest BCUT2D eigenvalue weighted by Crippen LogP contribution is -2.35. The third kappa shape index (κ3) is 8.34. The fourth-order valence-corrected chi connectivity index (χ4v) is 3.68. The number of hydrogen-bond donors (Lipinski definition) is 0. The van der Waals surface area contributed by atoms with Gasteiger partial charge in [0.1, 0.15) is 0 Å². The lowest BCUT2D eigenvalue weighted by molar-refractivity contribution is 0.190. The van der Waals surface area contributed by atoms with Crippen LogP contribution in [0.1, 0.15) is 84.0 Å². The molecule has 1 rings (SSSR count). The third-order valence-electron chi connectivity index (χ3n) is 4.55. The molecular weight excluding hydrogens is 298 g/mol. The molecule has 1 unspecified atom stereocenters. The van der Waals surface area contributed by atoms with Crippen molar-refractivity contribution in [2.45, 2.75) is 90.0 Å². The van der Waals surface area contributed by atoms with E-state index in [1.165, 1.54) is 95.5 Å². The lowest BCUT2D eigenvalue weighted by Gasteiger charge is -2.29. The summed E-state index contributed by atoms with van der Waals surface area (Å²) in [6, 6.07) is 0.890. The highest BCUT2D eigenvalue weighted by Gasteiger charge is 2.18. The predicted octanol–water partition coefficient (Wildman–Crippen LogP) is 5.77. The molecule has 0 saturated carbocycles. The van der Waals surface area contributed by atoms with E-state index in [1.54, 1.807) is 0 Å². The molecule has 1 aliphatic heterocycles. The molecule has 0 radical (unpaired) electrons. The number of halogens is 1. The topological polar surface area (TPSA) is 3.24 Å². The van der Waals surface area contributed by atoms with Crippen molar-refractivity contribution in [2.24, 2.45) is 0 Å². The summed E-state index contributed by atoms with van der Waals surface area (Å²) in [6.07, 6.45) is 17.1. The van der Waals surface area contributed by atoms with Crippen LogP contribution in [0, 0.1) is 0 Å². The van der Waals surface area contributed by atoms with E-state index < -0.39 is 0 Å². The first-order chi connectivity index (χ1) is 9.38. The molecule has 0 aromatic rings. The van der Waals surface area contributed by atoms with E-state index in [-0.39, 0.29) is 0 Å². The summed E-state index contributed by atoms with van der Waals surface area (Å²) in [6.45, 7) is 5.09. The summed E-state index contributed by atoms with van der Waals surface area (Å²) >= 11 is 3.50. The molecule has 1 nitrogen and oxygen atoms in total. The largest absolute Gasteiger partial charge is 0.300 e. The highest BCUT2D eigenvalue weighted by molar-refractivity contribution is 9.09. The number of rotatable bonds is 10. The van der Waals surface area contributed by atoms with Gasteiger partial charge in [0.05, 0.1) is 0 Å². The Morgan fingerprint density at radius 1 is 0.895 bits per heavy atom. The van der Waals surface area contributed by atoms with Crippen molar-refractivity contribution in [3.05, 3.63) is 0 Å². The van der Waals surface area contributed by atoms with Crippen LogP contribution in [0.4, 0.5) is 0 Å². The van der Waals surface area contributed by atoms with Crippen LogP contribution in [-0.2, 0) is 0 Å². The maximum atomic E-state index is 3.50. The van der Waals surface area contributed by atoms with Crippen LogP contribution in [0.15, 0.2) is 0 Å². The molecule has 0 spiro atoms. The van der Waals surface area contributed by atoms with Crippen molar-refractivity contribution in [2.75, 3.05) is 18.4 Å². The number of unbranched alkanes of at least 4 members (excludes halogenated alkanes) is 6. The Balaban J connectivity index is 2.00. The first-order valence-electron chi connectivity index (χ1n) is 8.68. The van der Waals surface area contributed by atoms with Crippen LogP contribution in [0.3, 0.4) is 0 Å². The zero-order valence-corrected chi connectivity index (χ0v) is 14.6. The smallest absolute Gasteiger partial charge is 0.00926 e. The van der Waals surface area contributed by atoms with Gasteiger partial charge in [-0.2, -0.15) is 0 Å². The third-order valence-corrected chi connectivity index (χ3v) is 5.11. The molecule has 1 fully saturated rings. The minimum Gasteiger partial charge on any atom is -0.300 e. The van der Waals surface area contributed by atoms with Gasteiger partial charge in [-0.05, 0) is 45.2 Å². The Hall–Kier alpha value is 0.440. The summed E-state index contributed by atoms with van der Waals surface area (Å²) in [7, 11) is 0. The molecule has 1 atom stereocenters. The van der Waals surface area contributed by atoms with Crippen LogP contribution in [0.25, 0.3) is 0 Å². The molecular formula is C17H34BrN. The number of nitrogens with zero attached hydrogens (tertiary/aromatic N) is 1. The van der Waals surface area contributed by atoms with Crippen LogP contribution < -0.4 is 0 Å². The van der Waals surface area contributed by atoms with Crippen molar-refractivity contribution in [3.8, 4) is 0 Å². The maximum Gasteiger partial charge on any atom is 0.00926 e. The molecule has 0 bridgehead atoms. The monoisotopic (exact) mass is 331 g/mol. The van der Waals surface area contributed by atoms with Gasteiger partial charge in [-0.25, -0.2) is 0 Å². The van der Waals surface area contributed by atoms with E-state index in [2.05, 4.69) is 27.8 Å². The minimum atomic E-state index is 0.890. The molecule has 114 valence electrons. The van der Waals surface area contributed by atoms with Gasteiger partial charge < -0.3 is 4.90 Å². The standard InChI is InChI=1S/C17H34BrN/c1-2-17-13-9-8-12-16-19(17)15-11-7-5-3-4-6-10-14-18/h17H,2-16H2,1H3. The second-order valence-electron chi connectivity index (χ2n) is 6.11. The summed E-state index contributed by atoms with van der Waals surface area (Å²) < 4.78 is 0. The van der Waals surface area contributed by atoms with Crippen LogP contribution >= 0.6 is 15.9 Å². The zero-order chi connectivity index (χ0) is 13.8. The first-order valence-corrected chi connectivity index (χ1v) is 9.80. The Labute approximate surface area is 129 Å². The van der Waals surface area contributed by atoms with E-state index in [9.17, 15) is 0 Å². The molecule has 1 saturated heterocycles. The molecule has 1 aliphatic rings. The van der Waals surface area contributed by atoms with Gasteiger partial charge in [0, 0.05) is 11.4 Å². The van der Waals surface area contributed by atoms with Gasteiger partial charge in [0.15, 0.2) is 0 Å².